The van der Waals surface area contributed by atoms with Crippen molar-refractivity contribution in [2.75, 3.05) is 5.73 Å². The topological polar surface area (TPSA) is 52.3 Å². The third-order valence-corrected chi connectivity index (χ3v) is 3.48. The number of halogens is 1. The summed E-state index contributed by atoms with van der Waals surface area (Å²) in [5.74, 6) is -0.364. The predicted octanol–water partition coefficient (Wildman–Crippen LogP) is 3.95. The van der Waals surface area contributed by atoms with Crippen molar-refractivity contribution in [1.29, 1.82) is 0 Å². The molecule has 0 fully saturated rings. The SMILES string of the molecule is CC(OC(=O)c1ccc(N)c(Br)c1)c1ccccc1. The zero-order valence-electron chi connectivity index (χ0n) is 10.5. The number of nitrogen functional groups attached to an aromatic ring is 1. The fraction of sp³-hybridized carbons (Fsp3) is 0.133. The van der Waals surface area contributed by atoms with Gasteiger partial charge >= 0.3 is 5.97 Å². The normalized spacial score (nSPS) is 11.9. The molecule has 0 heterocycles. The van der Waals surface area contributed by atoms with E-state index in [-0.39, 0.29) is 12.1 Å². The van der Waals surface area contributed by atoms with Gasteiger partial charge in [0.25, 0.3) is 0 Å². The van der Waals surface area contributed by atoms with Crippen LogP contribution in [0.25, 0.3) is 0 Å². The number of carbonyl (C=O) groups excluding carboxylic acids is 1. The highest BCUT2D eigenvalue weighted by atomic mass is 79.9. The highest BCUT2D eigenvalue weighted by molar-refractivity contribution is 9.10. The van der Waals surface area contributed by atoms with E-state index in [1.165, 1.54) is 0 Å². The third-order valence-electron chi connectivity index (χ3n) is 2.79. The summed E-state index contributed by atoms with van der Waals surface area (Å²) in [6.45, 7) is 1.85. The van der Waals surface area contributed by atoms with Crippen LogP contribution < -0.4 is 5.73 Å². The Bertz CT molecular complexity index is 584. The number of rotatable bonds is 3. The molecule has 2 aromatic carbocycles. The Hall–Kier alpha value is -1.81. The number of hydrogen-bond donors (Lipinski definition) is 1. The molecule has 4 heteroatoms. The fourth-order valence-corrected chi connectivity index (χ4v) is 2.05. The van der Waals surface area contributed by atoms with Crippen molar-refractivity contribution >= 4 is 27.6 Å². The van der Waals surface area contributed by atoms with Gasteiger partial charge in [0.05, 0.1) is 5.56 Å². The molecular weight excluding hydrogens is 306 g/mol. The number of esters is 1. The quantitative estimate of drug-likeness (QED) is 0.688. The Kier molecular flexibility index (Phi) is 4.22. The van der Waals surface area contributed by atoms with Gasteiger partial charge in [-0.1, -0.05) is 30.3 Å². The van der Waals surface area contributed by atoms with Crippen LogP contribution in [0.3, 0.4) is 0 Å². The molecule has 0 aromatic heterocycles. The van der Waals surface area contributed by atoms with Crippen molar-refractivity contribution in [1.82, 2.24) is 0 Å². The maximum Gasteiger partial charge on any atom is 0.338 e. The van der Waals surface area contributed by atoms with Gasteiger partial charge in [-0.2, -0.15) is 0 Å². The van der Waals surface area contributed by atoms with Crippen molar-refractivity contribution < 1.29 is 9.53 Å². The molecule has 0 aliphatic heterocycles. The number of hydrogen-bond acceptors (Lipinski definition) is 3. The first-order chi connectivity index (χ1) is 9.08. The lowest BCUT2D eigenvalue weighted by atomic mass is 10.1. The summed E-state index contributed by atoms with van der Waals surface area (Å²) in [5.41, 5.74) is 7.71. The minimum atomic E-state index is -0.364. The van der Waals surface area contributed by atoms with Crippen LogP contribution in [-0.4, -0.2) is 5.97 Å². The van der Waals surface area contributed by atoms with Crippen molar-refractivity contribution in [2.24, 2.45) is 0 Å². The maximum atomic E-state index is 12.0. The minimum absolute atomic E-state index is 0.287. The molecule has 2 aromatic rings. The van der Waals surface area contributed by atoms with Crippen molar-refractivity contribution in [2.45, 2.75) is 13.0 Å². The Labute approximate surface area is 120 Å². The molecule has 0 bridgehead atoms. The standard InChI is InChI=1S/C15H14BrNO2/c1-10(11-5-3-2-4-6-11)19-15(18)12-7-8-14(17)13(16)9-12/h2-10H,17H2,1H3. The molecule has 1 atom stereocenters. The lowest BCUT2D eigenvalue weighted by Crippen LogP contribution is -2.09. The summed E-state index contributed by atoms with van der Waals surface area (Å²) in [6.07, 6.45) is -0.287. The fourth-order valence-electron chi connectivity index (χ4n) is 1.67. The lowest BCUT2D eigenvalue weighted by Gasteiger charge is -2.13. The summed E-state index contributed by atoms with van der Waals surface area (Å²) in [5, 5.41) is 0. The van der Waals surface area contributed by atoms with Crippen LogP contribution in [-0.2, 0) is 4.74 Å². The Balaban J connectivity index is 2.11. The summed E-state index contributed by atoms with van der Waals surface area (Å²) in [7, 11) is 0. The van der Waals surface area contributed by atoms with Crippen LogP contribution in [0, 0.1) is 0 Å². The Morgan fingerprint density at radius 1 is 1.21 bits per heavy atom. The molecule has 98 valence electrons. The second kappa shape index (κ2) is 5.89. The second-order valence-electron chi connectivity index (χ2n) is 4.19. The first-order valence-corrected chi connectivity index (χ1v) is 6.68. The molecule has 19 heavy (non-hydrogen) atoms. The van der Waals surface area contributed by atoms with E-state index < -0.39 is 0 Å². The van der Waals surface area contributed by atoms with E-state index in [0.717, 1.165) is 5.56 Å². The van der Waals surface area contributed by atoms with E-state index >= 15 is 0 Å². The molecule has 0 aliphatic carbocycles. The summed E-state index contributed by atoms with van der Waals surface area (Å²) >= 11 is 3.29. The molecule has 2 N–H and O–H groups in total. The van der Waals surface area contributed by atoms with Gasteiger partial charge in [0.2, 0.25) is 0 Å². The van der Waals surface area contributed by atoms with E-state index in [0.29, 0.717) is 15.7 Å². The monoisotopic (exact) mass is 319 g/mol. The van der Waals surface area contributed by atoms with Crippen molar-refractivity contribution in [3.63, 3.8) is 0 Å². The van der Waals surface area contributed by atoms with Crippen LogP contribution in [0.2, 0.25) is 0 Å². The minimum Gasteiger partial charge on any atom is -0.454 e. The predicted molar refractivity (Wildman–Crippen MR) is 78.8 cm³/mol. The van der Waals surface area contributed by atoms with Crippen LogP contribution in [0.15, 0.2) is 53.0 Å². The Morgan fingerprint density at radius 3 is 2.53 bits per heavy atom. The van der Waals surface area contributed by atoms with Gasteiger partial charge in [-0.15, -0.1) is 0 Å². The Morgan fingerprint density at radius 2 is 1.89 bits per heavy atom. The van der Waals surface area contributed by atoms with Crippen molar-refractivity contribution in [3.8, 4) is 0 Å². The molecule has 0 saturated carbocycles. The van der Waals surface area contributed by atoms with E-state index in [4.69, 9.17) is 10.5 Å². The number of ether oxygens (including phenoxy) is 1. The molecule has 1 unspecified atom stereocenters. The second-order valence-corrected chi connectivity index (χ2v) is 5.05. The number of nitrogens with two attached hydrogens (primary N) is 1. The molecular formula is C15H14BrNO2. The highest BCUT2D eigenvalue weighted by Crippen LogP contribution is 2.23. The van der Waals surface area contributed by atoms with Crippen LogP contribution in [0.4, 0.5) is 5.69 Å². The number of anilines is 1. The molecule has 0 radical (unpaired) electrons. The molecule has 2 rings (SSSR count). The largest absolute Gasteiger partial charge is 0.454 e. The van der Waals surface area contributed by atoms with Crippen LogP contribution in [0.5, 0.6) is 0 Å². The lowest BCUT2D eigenvalue weighted by molar-refractivity contribution is 0.0338. The maximum absolute atomic E-state index is 12.0. The first kappa shape index (κ1) is 13.6. The van der Waals surface area contributed by atoms with Gasteiger partial charge < -0.3 is 10.5 Å². The zero-order chi connectivity index (χ0) is 13.8. The molecule has 0 spiro atoms. The van der Waals surface area contributed by atoms with Gasteiger partial charge in [-0.05, 0) is 46.6 Å². The molecule has 0 aliphatic rings. The molecule has 0 saturated heterocycles. The summed E-state index contributed by atoms with van der Waals surface area (Å²) in [4.78, 5) is 12.0. The van der Waals surface area contributed by atoms with E-state index in [1.807, 2.05) is 37.3 Å². The van der Waals surface area contributed by atoms with Crippen molar-refractivity contribution in [3.05, 3.63) is 64.1 Å². The smallest absolute Gasteiger partial charge is 0.338 e. The van der Waals surface area contributed by atoms with Crippen LogP contribution in [0.1, 0.15) is 28.9 Å². The van der Waals surface area contributed by atoms with E-state index in [9.17, 15) is 4.79 Å². The van der Waals surface area contributed by atoms with Gasteiger partial charge in [-0.3, -0.25) is 0 Å². The van der Waals surface area contributed by atoms with Gasteiger partial charge in [0, 0.05) is 10.2 Å². The first-order valence-electron chi connectivity index (χ1n) is 5.89. The average Bonchev–Trinajstić information content (AvgIpc) is 2.42. The molecule has 0 amide bonds. The van der Waals surface area contributed by atoms with E-state index in [2.05, 4.69) is 15.9 Å². The third kappa shape index (κ3) is 3.35. The number of carbonyl (C=O) groups is 1. The number of benzene rings is 2. The van der Waals surface area contributed by atoms with Gasteiger partial charge in [0.1, 0.15) is 6.10 Å². The van der Waals surface area contributed by atoms with Crippen LogP contribution >= 0.6 is 15.9 Å². The van der Waals surface area contributed by atoms with E-state index in [1.54, 1.807) is 18.2 Å². The highest BCUT2D eigenvalue weighted by Gasteiger charge is 2.14. The van der Waals surface area contributed by atoms with Gasteiger partial charge in [0.15, 0.2) is 0 Å². The average molecular weight is 320 g/mol. The molecule has 3 nitrogen and oxygen atoms in total. The zero-order valence-corrected chi connectivity index (χ0v) is 12.1. The summed E-state index contributed by atoms with van der Waals surface area (Å²) in [6, 6.07) is 14.6. The van der Waals surface area contributed by atoms with Gasteiger partial charge in [-0.25, -0.2) is 4.79 Å². The summed E-state index contributed by atoms with van der Waals surface area (Å²) < 4.78 is 6.11.